The lowest BCUT2D eigenvalue weighted by Gasteiger charge is -2.40. The second-order valence-electron chi connectivity index (χ2n) is 12.8. The quantitative estimate of drug-likeness (QED) is 0.180. The Kier molecular flexibility index (Phi) is 15.3. The van der Waals surface area contributed by atoms with Crippen molar-refractivity contribution in [3.05, 3.63) is 29.8 Å². The van der Waals surface area contributed by atoms with Gasteiger partial charge in [0, 0.05) is 6.42 Å². The summed E-state index contributed by atoms with van der Waals surface area (Å²) in [6.07, 6.45) is 28.0. The number of nitrogens with zero attached hydrogens (tertiary/aromatic N) is 1. The van der Waals surface area contributed by atoms with Crippen molar-refractivity contribution in [3.8, 4) is 11.8 Å². The zero-order valence-electron chi connectivity index (χ0n) is 25.1. The van der Waals surface area contributed by atoms with Crippen molar-refractivity contribution in [1.82, 2.24) is 0 Å². The number of benzene rings is 1. The van der Waals surface area contributed by atoms with E-state index in [0.29, 0.717) is 11.8 Å². The molecule has 2 nitrogen and oxygen atoms in total. The third-order valence-corrected chi connectivity index (χ3v) is 10.0. The Morgan fingerprint density at radius 2 is 1.26 bits per heavy atom. The minimum Gasteiger partial charge on any atom is -0.494 e. The van der Waals surface area contributed by atoms with Crippen LogP contribution in [0.15, 0.2) is 24.3 Å². The van der Waals surface area contributed by atoms with Crippen molar-refractivity contribution in [1.29, 1.82) is 5.26 Å². The van der Waals surface area contributed by atoms with Gasteiger partial charge in [0.25, 0.3) is 0 Å². The third-order valence-electron chi connectivity index (χ3n) is 10.0. The molecular formula is C36H59NO. The minimum atomic E-state index is 0.643. The highest BCUT2D eigenvalue weighted by molar-refractivity contribution is 5.29. The van der Waals surface area contributed by atoms with Gasteiger partial charge < -0.3 is 4.74 Å². The van der Waals surface area contributed by atoms with E-state index in [1.54, 1.807) is 0 Å². The van der Waals surface area contributed by atoms with E-state index in [9.17, 15) is 5.26 Å². The van der Waals surface area contributed by atoms with E-state index >= 15 is 0 Å². The zero-order valence-corrected chi connectivity index (χ0v) is 25.1. The standard InChI is InChI=1S/C36H59NO/c1-3-5-7-9-10-12-14-30-15-17-33(18-16-30)36(27-28-37)34-21-19-31(20-22-34)32-23-25-35(26-24-32)38-29-13-11-8-6-4-2/h23-26,30-31,33-34,36H,3-22,27,29H2,1-2H3. The zero-order chi connectivity index (χ0) is 26.8. The normalized spacial score (nSPS) is 24.6. The van der Waals surface area contributed by atoms with Gasteiger partial charge in [-0.25, -0.2) is 0 Å². The number of hydrogen-bond acceptors (Lipinski definition) is 2. The van der Waals surface area contributed by atoms with Crippen molar-refractivity contribution < 1.29 is 4.74 Å². The summed E-state index contributed by atoms with van der Waals surface area (Å²) >= 11 is 0. The lowest BCUT2D eigenvalue weighted by molar-refractivity contribution is 0.121. The highest BCUT2D eigenvalue weighted by Gasteiger charge is 2.35. The molecule has 0 saturated heterocycles. The first-order chi connectivity index (χ1) is 18.7. The highest BCUT2D eigenvalue weighted by atomic mass is 16.5. The van der Waals surface area contributed by atoms with Crippen LogP contribution in [0.5, 0.6) is 5.75 Å². The van der Waals surface area contributed by atoms with Gasteiger partial charge in [0.15, 0.2) is 0 Å². The number of nitriles is 1. The second kappa shape index (κ2) is 18.7. The van der Waals surface area contributed by atoms with E-state index < -0.39 is 0 Å². The number of rotatable bonds is 18. The first kappa shape index (κ1) is 31.0. The van der Waals surface area contributed by atoms with Gasteiger partial charge in [0.2, 0.25) is 0 Å². The summed E-state index contributed by atoms with van der Waals surface area (Å²) in [6.45, 7) is 5.41. The molecule has 2 aliphatic carbocycles. The molecule has 3 rings (SSSR count). The molecule has 0 bridgehead atoms. The van der Waals surface area contributed by atoms with E-state index in [4.69, 9.17) is 4.74 Å². The molecule has 2 saturated carbocycles. The molecule has 0 heterocycles. The smallest absolute Gasteiger partial charge is 0.119 e. The average Bonchev–Trinajstić information content (AvgIpc) is 2.96. The van der Waals surface area contributed by atoms with E-state index in [2.05, 4.69) is 44.2 Å². The van der Waals surface area contributed by atoms with Crippen molar-refractivity contribution in [2.24, 2.45) is 23.7 Å². The molecule has 1 aromatic carbocycles. The van der Waals surface area contributed by atoms with Crippen molar-refractivity contribution in [2.75, 3.05) is 6.61 Å². The molecule has 1 atom stereocenters. The Balaban J connectivity index is 1.36. The molecule has 0 aromatic heterocycles. The van der Waals surface area contributed by atoms with Crippen LogP contribution in [0.3, 0.4) is 0 Å². The first-order valence-electron chi connectivity index (χ1n) is 16.8. The first-order valence-corrected chi connectivity index (χ1v) is 16.8. The Morgan fingerprint density at radius 3 is 1.87 bits per heavy atom. The van der Waals surface area contributed by atoms with Crippen LogP contribution in [0.1, 0.15) is 160 Å². The molecule has 0 radical (unpaired) electrons. The molecule has 214 valence electrons. The summed E-state index contributed by atoms with van der Waals surface area (Å²) in [5, 5.41) is 9.66. The van der Waals surface area contributed by atoms with Gasteiger partial charge in [-0.3, -0.25) is 0 Å². The maximum absolute atomic E-state index is 9.66. The van der Waals surface area contributed by atoms with Crippen LogP contribution < -0.4 is 4.74 Å². The molecule has 1 unspecified atom stereocenters. The van der Waals surface area contributed by atoms with E-state index in [0.717, 1.165) is 43.0 Å². The molecule has 0 aliphatic heterocycles. The van der Waals surface area contributed by atoms with E-state index in [1.165, 1.54) is 128 Å². The van der Waals surface area contributed by atoms with Crippen LogP contribution in [0.2, 0.25) is 0 Å². The fourth-order valence-electron chi connectivity index (χ4n) is 7.55. The lowest BCUT2D eigenvalue weighted by atomic mass is 9.65. The molecule has 2 fully saturated rings. The molecule has 2 heteroatoms. The predicted molar refractivity (Wildman–Crippen MR) is 163 cm³/mol. The van der Waals surface area contributed by atoms with Gasteiger partial charge in [-0.05, 0) is 92.2 Å². The van der Waals surface area contributed by atoms with Crippen LogP contribution in [-0.2, 0) is 0 Å². The summed E-state index contributed by atoms with van der Waals surface area (Å²) < 4.78 is 5.99. The summed E-state index contributed by atoms with van der Waals surface area (Å²) in [7, 11) is 0. The molecule has 1 aromatic rings. The van der Waals surface area contributed by atoms with Crippen LogP contribution in [0.25, 0.3) is 0 Å². The fourth-order valence-corrected chi connectivity index (χ4v) is 7.55. The van der Waals surface area contributed by atoms with Gasteiger partial charge in [0.1, 0.15) is 5.75 Å². The van der Waals surface area contributed by atoms with Gasteiger partial charge in [-0.1, -0.05) is 109 Å². The Morgan fingerprint density at radius 1 is 0.711 bits per heavy atom. The maximum atomic E-state index is 9.66. The molecule has 0 N–H and O–H groups in total. The molecule has 0 amide bonds. The summed E-state index contributed by atoms with van der Waals surface area (Å²) in [4.78, 5) is 0. The SMILES string of the molecule is CCCCCCCCC1CCC(C(CC#N)C2CCC(c3ccc(OCCCCCCC)cc3)CC2)CC1. The van der Waals surface area contributed by atoms with E-state index in [-0.39, 0.29) is 0 Å². The highest BCUT2D eigenvalue weighted by Crippen LogP contribution is 2.46. The molecular weight excluding hydrogens is 462 g/mol. The van der Waals surface area contributed by atoms with Gasteiger partial charge >= 0.3 is 0 Å². The average molecular weight is 522 g/mol. The van der Waals surface area contributed by atoms with E-state index in [1.807, 2.05) is 0 Å². The molecule has 2 aliphatic rings. The number of ether oxygens (including phenoxy) is 1. The van der Waals surface area contributed by atoms with Crippen LogP contribution in [0.4, 0.5) is 0 Å². The monoisotopic (exact) mass is 521 g/mol. The van der Waals surface area contributed by atoms with Crippen molar-refractivity contribution >= 4 is 0 Å². The minimum absolute atomic E-state index is 0.643. The topological polar surface area (TPSA) is 33.0 Å². The van der Waals surface area contributed by atoms with Gasteiger partial charge in [-0.15, -0.1) is 0 Å². The van der Waals surface area contributed by atoms with Crippen molar-refractivity contribution in [2.45, 2.75) is 155 Å². The summed E-state index contributed by atoms with van der Waals surface area (Å²) in [5.74, 6) is 4.88. The largest absolute Gasteiger partial charge is 0.494 e. The molecule has 0 spiro atoms. The Bertz CT molecular complexity index is 749. The Labute approximate surface area is 236 Å². The van der Waals surface area contributed by atoms with Crippen molar-refractivity contribution in [3.63, 3.8) is 0 Å². The van der Waals surface area contributed by atoms with Gasteiger partial charge in [-0.2, -0.15) is 5.26 Å². The second-order valence-corrected chi connectivity index (χ2v) is 12.8. The fraction of sp³-hybridized carbons (Fsp3) is 0.806. The summed E-state index contributed by atoms with van der Waals surface area (Å²) in [5.41, 5.74) is 1.49. The maximum Gasteiger partial charge on any atom is 0.119 e. The number of unbranched alkanes of at least 4 members (excludes halogenated alkanes) is 9. The predicted octanol–water partition coefficient (Wildman–Crippen LogP) is 11.4. The van der Waals surface area contributed by atoms with Crippen LogP contribution >= 0.6 is 0 Å². The summed E-state index contributed by atoms with van der Waals surface area (Å²) in [6, 6.07) is 11.6. The van der Waals surface area contributed by atoms with Crippen LogP contribution in [-0.4, -0.2) is 6.61 Å². The molecule has 38 heavy (non-hydrogen) atoms. The van der Waals surface area contributed by atoms with Crippen LogP contribution in [0, 0.1) is 35.0 Å². The lowest BCUT2D eigenvalue weighted by Crippen LogP contribution is -2.30. The number of hydrogen-bond donors (Lipinski definition) is 0. The van der Waals surface area contributed by atoms with Gasteiger partial charge in [0.05, 0.1) is 12.7 Å². The third kappa shape index (κ3) is 10.9. The Hall–Kier alpha value is -1.49.